The van der Waals surface area contributed by atoms with Crippen LogP contribution in [0.15, 0.2) is 47.1 Å². The van der Waals surface area contributed by atoms with E-state index < -0.39 is 23.5 Å². The van der Waals surface area contributed by atoms with Gasteiger partial charge in [0, 0.05) is 26.1 Å². The molecule has 10 heteroatoms. The molecule has 2 heterocycles. The number of amides is 4. The van der Waals surface area contributed by atoms with Crippen LogP contribution in [0.1, 0.15) is 94.7 Å². The van der Waals surface area contributed by atoms with Gasteiger partial charge < -0.3 is 25.4 Å². The van der Waals surface area contributed by atoms with Crippen LogP contribution >= 0.6 is 0 Å². The predicted molar refractivity (Wildman–Crippen MR) is 158 cm³/mol. The zero-order valence-electron chi connectivity index (χ0n) is 25.1. The van der Waals surface area contributed by atoms with E-state index in [4.69, 9.17) is 4.52 Å². The fourth-order valence-corrected chi connectivity index (χ4v) is 6.37. The molecular formula is C32H45N5O5. The molecule has 0 spiro atoms. The number of likely N-dealkylation sites (tertiary alicyclic amines) is 1. The van der Waals surface area contributed by atoms with Gasteiger partial charge >= 0.3 is 0 Å². The van der Waals surface area contributed by atoms with Gasteiger partial charge in [0.25, 0.3) is 5.91 Å². The molecule has 228 valence electrons. The van der Waals surface area contributed by atoms with Crippen molar-refractivity contribution in [2.75, 3.05) is 13.1 Å². The molecule has 3 atom stereocenters. The van der Waals surface area contributed by atoms with Gasteiger partial charge in [-0.25, -0.2) is 0 Å². The van der Waals surface area contributed by atoms with E-state index in [9.17, 15) is 19.2 Å². The fraction of sp³-hybridized carbons (Fsp3) is 0.594. The van der Waals surface area contributed by atoms with Gasteiger partial charge in [-0.15, -0.1) is 0 Å². The van der Waals surface area contributed by atoms with Crippen LogP contribution in [0.3, 0.4) is 0 Å². The van der Waals surface area contributed by atoms with E-state index in [0.717, 1.165) is 31.2 Å². The first kappa shape index (κ1) is 31.3. The highest BCUT2D eigenvalue weighted by Gasteiger charge is 2.41. The first-order valence-corrected chi connectivity index (χ1v) is 15.4. The molecule has 1 saturated carbocycles. The largest absolute Gasteiger partial charge is 0.351 e. The number of carbonyl (C=O) groups excluding carboxylic acids is 4. The van der Waals surface area contributed by atoms with Gasteiger partial charge in [-0.05, 0) is 36.7 Å². The molecule has 1 saturated heterocycles. The predicted octanol–water partition coefficient (Wildman–Crippen LogP) is 3.93. The summed E-state index contributed by atoms with van der Waals surface area (Å²) in [7, 11) is 0. The summed E-state index contributed by atoms with van der Waals surface area (Å²) in [5.74, 6) is -0.857. The summed E-state index contributed by atoms with van der Waals surface area (Å²) < 4.78 is 5.01. The van der Waals surface area contributed by atoms with Gasteiger partial charge in [0.1, 0.15) is 12.1 Å². The quantitative estimate of drug-likeness (QED) is 0.369. The number of hydrogen-bond acceptors (Lipinski definition) is 6. The van der Waals surface area contributed by atoms with Crippen LogP contribution in [0.5, 0.6) is 0 Å². The number of piperidine rings is 1. The first-order valence-electron chi connectivity index (χ1n) is 15.4. The molecule has 3 N–H and O–H groups in total. The third kappa shape index (κ3) is 7.77. The molecule has 1 aliphatic heterocycles. The number of rotatable bonds is 11. The molecule has 4 amide bonds. The Kier molecular flexibility index (Phi) is 10.8. The summed E-state index contributed by atoms with van der Waals surface area (Å²) in [6, 6.07) is 9.80. The minimum absolute atomic E-state index is 0.0420. The zero-order chi connectivity index (χ0) is 30.1. The lowest BCUT2D eigenvalue weighted by molar-refractivity contribution is -0.140. The van der Waals surface area contributed by atoms with E-state index in [-0.39, 0.29) is 29.4 Å². The average molecular weight is 580 g/mol. The third-order valence-electron chi connectivity index (χ3n) is 9.02. The molecular weight excluding hydrogens is 534 g/mol. The van der Waals surface area contributed by atoms with Crippen molar-refractivity contribution in [2.45, 2.75) is 96.2 Å². The molecule has 42 heavy (non-hydrogen) atoms. The topological polar surface area (TPSA) is 134 Å². The highest BCUT2D eigenvalue weighted by atomic mass is 16.5. The number of hydrogen-bond donors (Lipinski definition) is 3. The number of nitrogens with zero attached hydrogens (tertiary/aromatic N) is 2. The molecule has 2 aliphatic rings. The summed E-state index contributed by atoms with van der Waals surface area (Å²) in [5.41, 5.74) is 0.474. The highest BCUT2D eigenvalue weighted by molar-refractivity contribution is 5.96. The van der Waals surface area contributed by atoms with Crippen LogP contribution < -0.4 is 16.0 Å². The molecule has 10 nitrogen and oxygen atoms in total. The molecule has 2 fully saturated rings. The Morgan fingerprint density at radius 1 is 1.02 bits per heavy atom. The van der Waals surface area contributed by atoms with Crippen LogP contribution in [0.4, 0.5) is 0 Å². The molecule has 1 aromatic carbocycles. The molecule has 0 bridgehead atoms. The van der Waals surface area contributed by atoms with Gasteiger partial charge in [0.2, 0.25) is 23.5 Å². The van der Waals surface area contributed by atoms with Crippen molar-refractivity contribution in [1.82, 2.24) is 26.0 Å². The van der Waals surface area contributed by atoms with Crippen molar-refractivity contribution in [3.05, 3.63) is 53.9 Å². The second-order valence-electron chi connectivity index (χ2n) is 12.0. The van der Waals surface area contributed by atoms with Gasteiger partial charge in [0.15, 0.2) is 0 Å². The maximum Gasteiger partial charge on any atom is 0.290 e. The standard InChI is InChI=1S/C32H45N5O5/c1-4-22(2)28(31(41)37-19-16-32(17-20-37,36-23(3)38)25-13-9-6-10-14-25)35-29(39)26(21-24-11-7-5-8-12-24)34-30(40)27-15-18-33-42-27/h6,9-10,13-15,18,22,24,26,28H,4-5,7-8,11-12,16-17,19-21H2,1-3H3,(H,34,40)(H,35,39)(H,36,38)/t22-,26-,28-/m0/s1. The second-order valence-corrected chi connectivity index (χ2v) is 12.0. The average Bonchev–Trinajstić information content (AvgIpc) is 3.55. The normalized spacial score (nSPS) is 19.3. The van der Waals surface area contributed by atoms with E-state index >= 15 is 0 Å². The zero-order valence-corrected chi connectivity index (χ0v) is 25.1. The maximum atomic E-state index is 13.9. The van der Waals surface area contributed by atoms with Crippen LogP contribution in [-0.2, 0) is 19.9 Å². The minimum Gasteiger partial charge on any atom is -0.351 e. The Bertz CT molecular complexity index is 1190. The lowest BCUT2D eigenvalue weighted by atomic mass is 9.80. The molecule has 4 rings (SSSR count). The van der Waals surface area contributed by atoms with Crippen LogP contribution in [0, 0.1) is 11.8 Å². The monoisotopic (exact) mass is 579 g/mol. The SMILES string of the molecule is CC[C@H](C)[C@H](NC(=O)[C@H](CC1CCCCC1)NC(=O)c1ccno1)C(=O)N1CCC(NC(C)=O)(c2ccccc2)CC1. The number of aromatic nitrogens is 1. The summed E-state index contributed by atoms with van der Waals surface area (Å²) >= 11 is 0. The fourth-order valence-electron chi connectivity index (χ4n) is 6.37. The van der Waals surface area contributed by atoms with Gasteiger partial charge in [-0.1, -0.05) is 87.9 Å². The summed E-state index contributed by atoms with van der Waals surface area (Å²) in [5, 5.41) is 12.6. The van der Waals surface area contributed by atoms with Gasteiger partial charge in [-0.2, -0.15) is 0 Å². The Morgan fingerprint density at radius 3 is 2.31 bits per heavy atom. The van der Waals surface area contributed by atoms with E-state index in [1.54, 1.807) is 4.90 Å². The lowest BCUT2D eigenvalue weighted by Gasteiger charge is -2.44. The summed E-state index contributed by atoms with van der Waals surface area (Å²) in [6.45, 7) is 6.37. The van der Waals surface area contributed by atoms with Crippen molar-refractivity contribution in [3.8, 4) is 0 Å². The Balaban J connectivity index is 1.47. The summed E-state index contributed by atoms with van der Waals surface area (Å²) in [6.07, 6.45) is 9.17. The Labute approximate surface area is 248 Å². The molecule has 1 aromatic heterocycles. The van der Waals surface area contributed by atoms with Crippen LogP contribution in [0.2, 0.25) is 0 Å². The highest BCUT2D eigenvalue weighted by Crippen LogP contribution is 2.34. The lowest BCUT2D eigenvalue weighted by Crippen LogP contribution is -2.59. The van der Waals surface area contributed by atoms with Crippen molar-refractivity contribution < 1.29 is 23.7 Å². The molecule has 0 radical (unpaired) electrons. The third-order valence-corrected chi connectivity index (χ3v) is 9.02. The number of carbonyl (C=O) groups is 4. The molecule has 2 aromatic rings. The second kappa shape index (κ2) is 14.5. The van der Waals surface area contributed by atoms with E-state index in [2.05, 4.69) is 21.1 Å². The van der Waals surface area contributed by atoms with E-state index in [0.29, 0.717) is 44.7 Å². The van der Waals surface area contributed by atoms with Crippen LogP contribution in [-0.4, -0.2) is 58.9 Å². The molecule has 1 aliphatic carbocycles. The van der Waals surface area contributed by atoms with Gasteiger partial charge in [0.05, 0.1) is 11.7 Å². The number of benzene rings is 1. The van der Waals surface area contributed by atoms with Crippen LogP contribution in [0.25, 0.3) is 0 Å². The maximum absolute atomic E-state index is 13.9. The smallest absolute Gasteiger partial charge is 0.290 e. The summed E-state index contributed by atoms with van der Waals surface area (Å²) in [4.78, 5) is 54.5. The van der Waals surface area contributed by atoms with E-state index in [1.165, 1.54) is 25.6 Å². The first-order chi connectivity index (χ1) is 20.2. The minimum atomic E-state index is -0.795. The Morgan fingerprint density at radius 2 is 1.71 bits per heavy atom. The van der Waals surface area contributed by atoms with Crippen molar-refractivity contribution in [2.24, 2.45) is 11.8 Å². The van der Waals surface area contributed by atoms with E-state index in [1.807, 2.05) is 44.2 Å². The van der Waals surface area contributed by atoms with Gasteiger partial charge in [-0.3, -0.25) is 19.2 Å². The number of nitrogens with one attached hydrogen (secondary N) is 3. The van der Waals surface area contributed by atoms with Crippen molar-refractivity contribution >= 4 is 23.6 Å². The Hall–Kier alpha value is -3.69. The molecule has 0 unspecified atom stereocenters. The van der Waals surface area contributed by atoms with Crippen molar-refractivity contribution in [3.63, 3.8) is 0 Å². The van der Waals surface area contributed by atoms with Crippen molar-refractivity contribution in [1.29, 1.82) is 0 Å².